The van der Waals surface area contributed by atoms with Crippen molar-refractivity contribution in [2.24, 2.45) is 0 Å². The number of nitrogens with one attached hydrogen (secondary N) is 1. The molecule has 0 unspecified atom stereocenters. The Bertz CT molecular complexity index is 303. The molecule has 54 valence electrons. The lowest BCUT2D eigenvalue weighted by atomic mass is 10.4. The van der Waals surface area contributed by atoms with E-state index in [1.165, 1.54) is 0 Å². The average Bonchev–Trinajstić information content (AvgIpc) is 1.82. The van der Waals surface area contributed by atoms with Crippen molar-refractivity contribution in [1.82, 2.24) is 4.98 Å². The zero-order valence-corrected chi connectivity index (χ0v) is 5.88. The summed E-state index contributed by atoms with van der Waals surface area (Å²) >= 11 is 0. The second-order valence-electron chi connectivity index (χ2n) is 2.21. The first-order valence-electron chi connectivity index (χ1n) is 2.93. The number of rotatable bonds is 0. The Labute approximate surface area is 57.7 Å². The summed E-state index contributed by atoms with van der Waals surface area (Å²) in [6.07, 6.45) is 0. The molecule has 2 N–H and O–H groups in total. The molecule has 0 saturated carbocycles. The van der Waals surface area contributed by atoms with Gasteiger partial charge in [0.25, 0.3) is 0 Å². The topological polar surface area (TPSA) is 57.0 Å². The Balaban J connectivity index is 3.46. The highest BCUT2D eigenvalue weighted by Gasteiger charge is 2.06. The van der Waals surface area contributed by atoms with Gasteiger partial charge in [0, 0.05) is 13.0 Å². The fourth-order valence-corrected chi connectivity index (χ4v) is 0.792. The number of hydrogen-bond acceptors (Lipinski definition) is 2. The van der Waals surface area contributed by atoms with Crippen molar-refractivity contribution in [1.29, 1.82) is 0 Å². The van der Waals surface area contributed by atoms with Crippen LogP contribution in [0, 0.1) is 13.8 Å². The van der Waals surface area contributed by atoms with Gasteiger partial charge in [-0.05, 0) is 11.7 Å². The van der Waals surface area contributed by atoms with Gasteiger partial charge in [0.05, 0.1) is 0 Å². The van der Waals surface area contributed by atoms with Crippen molar-refractivity contribution in [3.8, 4) is 0 Å². The fourth-order valence-electron chi connectivity index (χ4n) is 0.792. The van der Waals surface area contributed by atoms with E-state index >= 15 is 0 Å². The van der Waals surface area contributed by atoms with Gasteiger partial charge in [0.2, 0.25) is 0 Å². The normalized spacial score (nSPS) is 9.80. The zero-order valence-electron chi connectivity index (χ0n) is 5.88. The van der Waals surface area contributed by atoms with E-state index in [0.29, 0.717) is 10.4 Å². The van der Waals surface area contributed by atoms with Gasteiger partial charge in [0.15, 0.2) is 5.69 Å². The van der Waals surface area contributed by atoms with Gasteiger partial charge < -0.3 is 5.21 Å². The van der Waals surface area contributed by atoms with E-state index in [0.717, 1.165) is 5.69 Å². The molecule has 0 fully saturated rings. The van der Waals surface area contributed by atoms with Crippen molar-refractivity contribution in [2.45, 2.75) is 13.8 Å². The summed E-state index contributed by atoms with van der Waals surface area (Å²) < 4.78 is 0.576. The smallest absolute Gasteiger partial charge is 0.347 e. The Kier molecular flexibility index (Phi) is 1.45. The predicted octanol–water partition coefficient (Wildman–Crippen LogP) is -0.483. The molecular weight excluding hydrogens is 132 g/mol. The first kappa shape index (κ1) is 6.80. The molecule has 4 heteroatoms. The van der Waals surface area contributed by atoms with Gasteiger partial charge in [-0.3, -0.25) is 0 Å². The van der Waals surface area contributed by atoms with Crippen LogP contribution < -0.4 is 10.4 Å². The van der Waals surface area contributed by atoms with Crippen LogP contribution in [0.2, 0.25) is 0 Å². The van der Waals surface area contributed by atoms with Gasteiger partial charge >= 0.3 is 5.69 Å². The molecule has 1 aromatic rings. The van der Waals surface area contributed by atoms with E-state index in [4.69, 9.17) is 5.21 Å². The van der Waals surface area contributed by atoms with E-state index in [9.17, 15) is 4.79 Å². The minimum atomic E-state index is -0.502. The highest BCUT2D eigenvalue weighted by molar-refractivity contribution is 4.98. The van der Waals surface area contributed by atoms with Crippen LogP contribution in [0.25, 0.3) is 0 Å². The predicted molar refractivity (Wildman–Crippen MR) is 33.9 cm³/mol. The maximum Gasteiger partial charge on any atom is 0.535 e. The van der Waals surface area contributed by atoms with Crippen molar-refractivity contribution >= 4 is 0 Å². The fraction of sp³-hybridized carbons (Fsp3) is 0.333. The van der Waals surface area contributed by atoms with Crippen molar-refractivity contribution in [3.05, 3.63) is 27.9 Å². The molecule has 10 heavy (non-hydrogen) atoms. The minimum absolute atomic E-state index is 0.502. The highest BCUT2D eigenvalue weighted by atomic mass is 16.5. The lowest BCUT2D eigenvalue weighted by Gasteiger charge is -1.90. The maximum atomic E-state index is 10.7. The molecule has 0 aliphatic rings. The van der Waals surface area contributed by atoms with E-state index in [-0.39, 0.29) is 0 Å². The Hall–Kier alpha value is -1.32. The standard InChI is InChI=1S/C6H8N2O2/c1-4-3-5(2)8(10)6(9)7-4/h3,10H,1-2H3/p+1. The molecule has 0 aromatic carbocycles. The Morgan fingerprint density at radius 2 is 2.20 bits per heavy atom. The summed E-state index contributed by atoms with van der Waals surface area (Å²) in [4.78, 5) is 13.2. The zero-order chi connectivity index (χ0) is 7.72. The van der Waals surface area contributed by atoms with Crippen LogP contribution in [0.3, 0.4) is 0 Å². The quantitative estimate of drug-likeness (QED) is 0.378. The van der Waals surface area contributed by atoms with Gasteiger partial charge in [0.1, 0.15) is 5.69 Å². The van der Waals surface area contributed by atoms with Gasteiger partial charge in [-0.25, -0.2) is 4.98 Å². The van der Waals surface area contributed by atoms with Gasteiger partial charge in [-0.15, -0.1) is 0 Å². The van der Waals surface area contributed by atoms with E-state index in [1.54, 1.807) is 19.9 Å². The van der Waals surface area contributed by atoms with Crippen molar-refractivity contribution < 1.29 is 9.94 Å². The number of nitrogens with zero attached hydrogens (tertiary/aromatic N) is 1. The highest BCUT2D eigenvalue weighted by Crippen LogP contribution is 1.86. The summed E-state index contributed by atoms with van der Waals surface area (Å²) in [7, 11) is 0. The lowest BCUT2D eigenvalue weighted by molar-refractivity contribution is -0.921. The molecule has 1 aromatic heterocycles. The molecule has 0 aliphatic carbocycles. The van der Waals surface area contributed by atoms with Gasteiger partial charge in [-0.2, -0.15) is 4.79 Å². The molecule has 1 heterocycles. The first-order chi connectivity index (χ1) is 4.61. The van der Waals surface area contributed by atoms with Crippen LogP contribution in [0.5, 0.6) is 0 Å². The van der Waals surface area contributed by atoms with E-state index < -0.39 is 5.69 Å². The molecule has 0 bridgehead atoms. The third-order valence-corrected chi connectivity index (χ3v) is 1.26. The minimum Gasteiger partial charge on any atom is -0.347 e. The summed E-state index contributed by atoms with van der Waals surface area (Å²) in [6, 6.07) is 1.68. The van der Waals surface area contributed by atoms with Crippen LogP contribution in [-0.2, 0) is 0 Å². The number of hydrogen-bond donors (Lipinski definition) is 2. The number of aryl methyl sites for hydroxylation is 2. The summed E-state index contributed by atoms with van der Waals surface area (Å²) in [5, 5.41) is 8.90. The molecule has 4 nitrogen and oxygen atoms in total. The molecule has 0 saturated heterocycles. The van der Waals surface area contributed by atoms with Crippen LogP contribution in [-0.4, -0.2) is 10.2 Å². The number of H-pyrrole nitrogens is 1. The molecule has 1 rings (SSSR count). The summed E-state index contributed by atoms with van der Waals surface area (Å²) in [5.41, 5.74) is 0.770. The molecule has 0 amide bonds. The van der Waals surface area contributed by atoms with Crippen molar-refractivity contribution in [3.63, 3.8) is 0 Å². The molecular formula is C6H9N2O2+. The molecule has 0 radical (unpaired) electrons. The van der Waals surface area contributed by atoms with Gasteiger partial charge in [-0.1, -0.05) is 0 Å². The summed E-state index contributed by atoms with van der Waals surface area (Å²) in [5.74, 6) is 0. The lowest BCUT2D eigenvalue weighted by Crippen LogP contribution is -2.51. The largest absolute Gasteiger partial charge is 0.535 e. The Morgan fingerprint density at radius 3 is 2.70 bits per heavy atom. The van der Waals surface area contributed by atoms with E-state index in [2.05, 4.69) is 4.98 Å². The monoisotopic (exact) mass is 141 g/mol. The SMILES string of the molecule is Cc1cc(C)[n+](O)c(=O)[nH]1. The van der Waals surface area contributed by atoms with Crippen LogP contribution in [0.4, 0.5) is 0 Å². The maximum absolute atomic E-state index is 10.7. The third kappa shape index (κ3) is 1.00. The van der Waals surface area contributed by atoms with Crippen molar-refractivity contribution in [2.75, 3.05) is 0 Å². The Morgan fingerprint density at radius 1 is 1.60 bits per heavy atom. The molecule has 0 aliphatic heterocycles. The average molecular weight is 141 g/mol. The van der Waals surface area contributed by atoms with Crippen LogP contribution >= 0.6 is 0 Å². The molecule has 0 spiro atoms. The summed E-state index contributed by atoms with van der Waals surface area (Å²) in [6.45, 7) is 3.41. The van der Waals surface area contributed by atoms with Crippen LogP contribution in [0.1, 0.15) is 11.4 Å². The second kappa shape index (κ2) is 2.13. The number of aromatic amines is 1. The molecule has 0 atom stereocenters. The second-order valence-corrected chi connectivity index (χ2v) is 2.21. The van der Waals surface area contributed by atoms with Crippen LogP contribution in [0.15, 0.2) is 10.9 Å². The first-order valence-corrected chi connectivity index (χ1v) is 2.93. The third-order valence-electron chi connectivity index (χ3n) is 1.26. The number of aromatic nitrogens is 2. The van der Waals surface area contributed by atoms with E-state index in [1.807, 2.05) is 0 Å².